The van der Waals surface area contributed by atoms with Gasteiger partial charge in [0.25, 0.3) is 0 Å². The number of hydrogen-bond acceptors (Lipinski definition) is 5. The fourth-order valence-corrected chi connectivity index (χ4v) is 4.29. The van der Waals surface area contributed by atoms with Crippen LogP contribution in [-0.4, -0.2) is 42.0 Å². The van der Waals surface area contributed by atoms with E-state index < -0.39 is 5.97 Å². The third-order valence-electron chi connectivity index (χ3n) is 6.11. The number of phenolic OH excluding ortho intramolecular Hbond substituents is 1. The topological polar surface area (TPSA) is 112 Å². The lowest BCUT2D eigenvalue weighted by atomic mass is 10.1. The van der Waals surface area contributed by atoms with Crippen LogP contribution in [-0.2, 0) is 20.6 Å². The number of rotatable bonds is 5. The second-order valence-electron chi connectivity index (χ2n) is 8.14. The molecule has 172 valence electrons. The smallest absolute Gasteiger partial charge is 0.335 e. The van der Waals surface area contributed by atoms with Crippen LogP contribution in [0.5, 0.6) is 11.5 Å². The number of nitrogens with zero attached hydrogens (tertiary/aromatic N) is 4. The van der Waals surface area contributed by atoms with Crippen LogP contribution in [0.2, 0.25) is 0 Å². The highest BCUT2D eigenvalue weighted by Gasteiger charge is 2.17. The van der Waals surface area contributed by atoms with Crippen molar-refractivity contribution in [2.75, 3.05) is 7.11 Å². The van der Waals surface area contributed by atoms with Crippen molar-refractivity contribution >= 4 is 28.0 Å². The molecule has 0 fully saturated rings. The molecule has 9 nitrogen and oxygen atoms in total. The third kappa shape index (κ3) is 3.29. The molecule has 0 bridgehead atoms. The molecule has 9 heteroatoms. The molecule has 5 rings (SSSR count). The number of benzene rings is 3. The standard InChI is InChI=1S/C25H22N4O5/c1-27-19-7-4-14(10-20(19)28(2)25(27)33)13-29-18-8-5-16(24(31)32)11-17(18)26-23(29)15-6-9-21(30)22(12-15)34-3/h4-12,30H,13H2,1-3H3,(H,31,32). The van der Waals surface area contributed by atoms with Gasteiger partial charge < -0.3 is 19.5 Å². The van der Waals surface area contributed by atoms with Crippen LogP contribution >= 0.6 is 0 Å². The summed E-state index contributed by atoms with van der Waals surface area (Å²) in [6.45, 7) is 0.431. The lowest BCUT2D eigenvalue weighted by Gasteiger charge is -2.12. The largest absolute Gasteiger partial charge is 0.504 e. The highest BCUT2D eigenvalue weighted by atomic mass is 16.5. The van der Waals surface area contributed by atoms with Crippen molar-refractivity contribution < 1.29 is 19.7 Å². The summed E-state index contributed by atoms with van der Waals surface area (Å²) in [6, 6.07) is 15.6. The van der Waals surface area contributed by atoms with E-state index in [1.807, 2.05) is 22.8 Å². The monoisotopic (exact) mass is 458 g/mol. The zero-order valence-electron chi connectivity index (χ0n) is 18.8. The van der Waals surface area contributed by atoms with Gasteiger partial charge >= 0.3 is 11.7 Å². The number of methoxy groups -OCH3 is 1. The van der Waals surface area contributed by atoms with Gasteiger partial charge in [-0.15, -0.1) is 0 Å². The molecule has 0 aliphatic heterocycles. The Balaban J connectivity index is 1.71. The average Bonchev–Trinajstić information content (AvgIpc) is 3.29. The van der Waals surface area contributed by atoms with Gasteiger partial charge in [-0.2, -0.15) is 0 Å². The van der Waals surface area contributed by atoms with Gasteiger partial charge in [-0.25, -0.2) is 14.6 Å². The second-order valence-corrected chi connectivity index (χ2v) is 8.14. The molecule has 2 heterocycles. The minimum atomic E-state index is -1.03. The van der Waals surface area contributed by atoms with Crippen molar-refractivity contribution in [1.29, 1.82) is 0 Å². The molecule has 3 aromatic carbocycles. The molecule has 0 unspecified atom stereocenters. The summed E-state index contributed by atoms with van der Waals surface area (Å²) in [5.74, 6) is -0.113. The number of aromatic carboxylic acids is 1. The van der Waals surface area contributed by atoms with Crippen molar-refractivity contribution in [3.63, 3.8) is 0 Å². The van der Waals surface area contributed by atoms with E-state index in [1.165, 1.54) is 13.2 Å². The lowest BCUT2D eigenvalue weighted by Crippen LogP contribution is -2.19. The van der Waals surface area contributed by atoms with Gasteiger partial charge in [-0.1, -0.05) is 6.07 Å². The van der Waals surface area contributed by atoms with Gasteiger partial charge in [0.2, 0.25) is 0 Å². The van der Waals surface area contributed by atoms with E-state index in [-0.39, 0.29) is 17.0 Å². The summed E-state index contributed by atoms with van der Waals surface area (Å²) >= 11 is 0. The summed E-state index contributed by atoms with van der Waals surface area (Å²) in [4.78, 5) is 28.6. The first kappa shape index (κ1) is 21.3. The van der Waals surface area contributed by atoms with Crippen LogP contribution in [0.1, 0.15) is 15.9 Å². The first-order valence-electron chi connectivity index (χ1n) is 10.5. The molecule has 34 heavy (non-hydrogen) atoms. The zero-order valence-corrected chi connectivity index (χ0v) is 18.8. The molecule has 0 amide bonds. The predicted molar refractivity (Wildman–Crippen MR) is 128 cm³/mol. The van der Waals surface area contributed by atoms with Crippen molar-refractivity contribution in [2.45, 2.75) is 6.54 Å². The minimum Gasteiger partial charge on any atom is -0.504 e. The number of phenols is 1. The zero-order chi connectivity index (χ0) is 24.1. The van der Waals surface area contributed by atoms with Gasteiger partial charge in [0.15, 0.2) is 11.5 Å². The average molecular weight is 458 g/mol. The number of hydrogen-bond donors (Lipinski definition) is 2. The summed E-state index contributed by atoms with van der Waals surface area (Å²) in [5.41, 5.74) is 4.64. The van der Waals surface area contributed by atoms with E-state index in [4.69, 9.17) is 9.72 Å². The highest BCUT2D eigenvalue weighted by Crippen LogP contribution is 2.33. The number of ether oxygens (including phenoxy) is 1. The summed E-state index contributed by atoms with van der Waals surface area (Å²) < 4.78 is 10.5. The molecule has 2 aromatic heterocycles. The number of carboxylic acid groups (broad SMARTS) is 1. The number of aromatic hydroxyl groups is 1. The first-order chi connectivity index (χ1) is 16.3. The maximum Gasteiger partial charge on any atom is 0.335 e. The predicted octanol–water partition coefficient (Wildman–Crippen LogP) is 3.35. The fraction of sp³-hybridized carbons (Fsp3) is 0.160. The maximum atomic E-state index is 12.3. The molecule has 0 saturated heterocycles. The molecule has 5 aromatic rings. The molecular weight excluding hydrogens is 436 g/mol. The Hall–Kier alpha value is -4.53. The van der Waals surface area contributed by atoms with Crippen LogP contribution in [0.3, 0.4) is 0 Å². The van der Waals surface area contributed by atoms with Gasteiger partial charge in [0, 0.05) is 26.2 Å². The molecule has 2 N–H and O–H groups in total. The summed E-state index contributed by atoms with van der Waals surface area (Å²) in [7, 11) is 4.95. The Kier molecular flexibility index (Phi) is 4.89. The van der Waals surface area contributed by atoms with E-state index in [0.29, 0.717) is 29.2 Å². The van der Waals surface area contributed by atoms with Crippen molar-refractivity contribution in [1.82, 2.24) is 18.7 Å². The molecule has 0 spiro atoms. The quantitative estimate of drug-likeness (QED) is 0.418. The third-order valence-corrected chi connectivity index (χ3v) is 6.11. The molecule has 0 saturated carbocycles. The second kappa shape index (κ2) is 7.80. The van der Waals surface area contributed by atoms with E-state index in [0.717, 1.165) is 22.1 Å². The number of aromatic nitrogens is 4. The van der Waals surface area contributed by atoms with Crippen molar-refractivity contribution in [3.8, 4) is 22.9 Å². The van der Waals surface area contributed by atoms with Gasteiger partial charge in [0.1, 0.15) is 5.82 Å². The van der Waals surface area contributed by atoms with Crippen LogP contribution in [0.15, 0.2) is 59.4 Å². The lowest BCUT2D eigenvalue weighted by molar-refractivity contribution is 0.0697. The fourth-order valence-electron chi connectivity index (χ4n) is 4.29. The summed E-state index contributed by atoms with van der Waals surface area (Å²) in [5, 5.41) is 19.4. The summed E-state index contributed by atoms with van der Waals surface area (Å²) in [6.07, 6.45) is 0. The Labute approximate surface area is 193 Å². The molecule has 0 atom stereocenters. The molecule has 0 radical (unpaired) electrons. The van der Waals surface area contributed by atoms with Crippen LogP contribution < -0.4 is 10.4 Å². The normalized spacial score (nSPS) is 11.4. The van der Waals surface area contributed by atoms with Crippen LogP contribution in [0.25, 0.3) is 33.5 Å². The first-order valence-corrected chi connectivity index (χ1v) is 10.5. The Morgan fingerprint density at radius 1 is 0.971 bits per heavy atom. The van der Waals surface area contributed by atoms with Crippen molar-refractivity contribution in [3.05, 3.63) is 76.2 Å². The maximum absolute atomic E-state index is 12.3. The number of aryl methyl sites for hydroxylation is 2. The number of fused-ring (bicyclic) bond motifs is 2. The highest BCUT2D eigenvalue weighted by molar-refractivity contribution is 5.93. The Morgan fingerprint density at radius 2 is 1.71 bits per heavy atom. The van der Waals surface area contributed by atoms with E-state index in [2.05, 4.69) is 0 Å². The Morgan fingerprint density at radius 3 is 2.44 bits per heavy atom. The van der Waals surface area contributed by atoms with E-state index in [1.54, 1.807) is 53.6 Å². The number of imidazole rings is 2. The van der Waals surface area contributed by atoms with Gasteiger partial charge in [0.05, 0.1) is 34.7 Å². The number of carboxylic acids is 1. The van der Waals surface area contributed by atoms with E-state index >= 15 is 0 Å². The van der Waals surface area contributed by atoms with Crippen LogP contribution in [0, 0.1) is 0 Å². The number of carbonyl (C=O) groups is 1. The Bertz CT molecular complexity index is 1660. The van der Waals surface area contributed by atoms with Crippen LogP contribution in [0.4, 0.5) is 0 Å². The van der Waals surface area contributed by atoms with Gasteiger partial charge in [-0.3, -0.25) is 9.13 Å². The molecule has 0 aliphatic carbocycles. The minimum absolute atomic E-state index is 0.0116. The van der Waals surface area contributed by atoms with E-state index in [9.17, 15) is 19.8 Å². The molecule has 0 aliphatic rings. The van der Waals surface area contributed by atoms with Gasteiger partial charge in [-0.05, 0) is 54.1 Å². The SMILES string of the molecule is COc1cc(-c2nc3cc(C(=O)O)ccc3n2Cc2ccc3c(c2)n(C)c(=O)n3C)ccc1O. The molecular formula is C25H22N4O5. The van der Waals surface area contributed by atoms with Crippen molar-refractivity contribution in [2.24, 2.45) is 14.1 Å².